The lowest BCUT2D eigenvalue weighted by Gasteiger charge is -2.24. The normalized spacial score (nSPS) is 17.4. The number of amides is 1. The van der Waals surface area contributed by atoms with Crippen LogP contribution in [0.25, 0.3) is 11.5 Å². The number of carbonyl (C=O) groups is 1. The summed E-state index contributed by atoms with van der Waals surface area (Å²) in [6.07, 6.45) is 3.28. The fraction of sp³-hybridized carbons (Fsp3) is 0.478. The average Bonchev–Trinajstić information content (AvgIpc) is 3.52. The number of benzene rings is 1. The Morgan fingerprint density at radius 2 is 2.06 bits per heavy atom. The summed E-state index contributed by atoms with van der Waals surface area (Å²) in [4.78, 5) is 28.8. The predicted octanol–water partition coefficient (Wildman–Crippen LogP) is 4.65. The maximum Gasteiger partial charge on any atom is 0.410 e. The topological polar surface area (TPSA) is 118 Å². The summed E-state index contributed by atoms with van der Waals surface area (Å²) in [5.41, 5.74) is 6.20. The minimum Gasteiger partial charge on any atom is -0.454 e. The maximum absolute atomic E-state index is 12.4. The Hall–Kier alpha value is -2.73. The molecule has 35 heavy (non-hydrogen) atoms. The summed E-state index contributed by atoms with van der Waals surface area (Å²) in [5.74, 6) is 2.82. The number of aromatic nitrogens is 4. The summed E-state index contributed by atoms with van der Waals surface area (Å²) in [6, 6.07) is 3.79. The number of ether oxygens (including phenoxy) is 3. The molecule has 0 spiro atoms. The minimum atomic E-state index is -0.491. The van der Waals surface area contributed by atoms with Crippen molar-refractivity contribution in [3.8, 4) is 23.0 Å². The quantitative estimate of drug-likeness (QED) is 0.473. The van der Waals surface area contributed by atoms with E-state index in [0.717, 1.165) is 22.2 Å². The highest BCUT2D eigenvalue weighted by atomic mass is 79.9. The van der Waals surface area contributed by atoms with Crippen molar-refractivity contribution in [1.29, 1.82) is 0 Å². The van der Waals surface area contributed by atoms with Crippen LogP contribution < -0.4 is 15.2 Å². The van der Waals surface area contributed by atoms with Gasteiger partial charge in [-0.15, -0.1) is 0 Å². The van der Waals surface area contributed by atoms with E-state index in [1.807, 2.05) is 37.5 Å². The van der Waals surface area contributed by atoms with Gasteiger partial charge in [-0.1, -0.05) is 0 Å². The number of halogens is 1. The Kier molecular flexibility index (Phi) is 6.43. The van der Waals surface area contributed by atoms with Gasteiger partial charge in [0, 0.05) is 29.0 Å². The van der Waals surface area contributed by atoms with Crippen molar-refractivity contribution in [1.82, 2.24) is 24.4 Å². The summed E-state index contributed by atoms with van der Waals surface area (Å²) < 4.78 is 19.3. The molecule has 1 amide bonds. The van der Waals surface area contributed by atoms with Crippen LogP contribution in [0.15, 0.2) is 33.0 Å². The second-order valence-electron chi connectivity index (χ2n) is 9.61. The first-order chi connectivity index (χ1) is 16.7. The largest absolute Gasteiger partial charge is 0.454 e. The van der Waals surface area contributed by atoms with Gasteiger partial charge in [0.05, 0.1) is 6.33 Å². The molecule has 4 heterocycles. The fourth-order valence-corrected chi connectivity index (χ4v) is 5.45. The molecule has 4 aliphatic heterocycles. The van der Waals surface area contributed by atoms with Gasteiger partial charge in [-0.2, -0.15) is 0 Å². The van der Waals surface area contributed by atoms with E-state index in [-0.39, 0.29) is 12.9 Å². The highest BCUT2D eigenvalue weighted by Gasteiger charge is 2.30. The first-order valence-electron chi connectivity index (χ1n) is 11.4. The molecule has 0 aliphatic carbocycles. The van der Waals surface area contributed by atoms with Crippen molar-refractivity contribution < 1.29 is 19.0 Å². The van der Waals surface area contributed by atoms with Crippen LogP contribution in [0.4, 0.5) is 10.6 Å². The zero-order valence-corrected chi connectivity index (χ0v) is 22.2. The van der Waals surface area contributed by atoms with Gasteiger partial charge in [0.25, 0.3) is 0 Å². The molecule has 1 saturated heterocycles. The number of anilines is 1. The maximum atomic E-state index is 12.4. The monoisotopic (exact) mass is 562 g/mol. The minimum absolute atomic E-state index is 0.214. The molecule has 4 aliphatic rings. The lowest BCUT2D eigenvalue weighted by molar-refractivity contribution is 0.0287. The molecule has 10 nitrogen and oxygen atoms in total. The van der Waals surface area contributed by atoms with Crippen LogP contribution in [-0.4, -0.2) is 56.0 Å². The van der Waals surface area contributed by atoms with Crippen molar-refractivity contribution in [2.75, 3.05) is 25.6 Å². The number of hydrogen-bond donors (Lipinski definition) is 1. The number of rotatable bonds is 5. The highest BCUT2D eigenvalue weighted by molar-refractivity contribution is 9.10. The van der Waals surface area contributed by atoms with Crippen LogP contribution in [0.2, 0.25) is 0 Å². The third kappa shape index (κ3) is 5.27. The van der Waals surface area contributed by atoms with Gasteiger partial charge in [-0.25, -0.2) is 19.7 Å². The van der Waals surface area contributed by atoms with Crippen LogP contribution in [0.5, 0.6) is 11.5 Å². The summed E-state index contributed by atoms with van der Waals surface area (Å²) >= 11 is 5.00. The number of imidazole rings is 1. The molecule has 1 atom stereocenters. The van der Waals surface area contributed by atoms with E-state index in [1.54, 1.807) is 11.2 Å². The fourth-order valence-electron chi connectivity index (χ4n) is 4.10. The Labute approximate surface area is 216 Å². The Balaban J connectivity index is 1.27. The molecule has 12 heteroatoms. The Morgan fingerprint density at radius 1 is 1.29 bits per heavy atom. The molecular formula is C23H27BrN6O4S. The van der Waals surface area contributed by atoms with Gasteiger partial charge in [-0.05, 0) is 79.4 Å². The number of hydrogen-bond acceptors (Lipinski definition) is 9. The molecule has 186 valence electrons. The summed E-state index contributed by atoms with van der Waals surface area (Å²) in [6.45, 7) is 7.96. The van der Waals surface area contributed by atoms with Crippen molar-refractivity contribution in [3.63, 3.8) is 0 Å². The van der Waals surface area contributed by atoms with E-state index in [4.69, 9.17) is 24.9 Å². The number of fused-ring (bicyclic) bond motifs is 2. The Morgan fingerprint density at radius 3 is 2.83 bits per heavy atom. The van der Waals surface area contributed by atoms with Crippen molar-refractivity contribution >= 4 is 39.6 Å². The first-order valence-corrected chi connectivity index (χ1v) is 13.0. The van der Waals surface area contributed by atoms with E-state index >= 15 is 0 Å². The molecular weight excluding hydrogens is 536 g/mol. The smallest absolute Gasteiger partial charge is 0.410 e. The molecule has 2 N–H and O–H groups in total. The van der Waals surface area contributed by atoms with Gasteiger partial charge in [-0.3, -0.25) is 0 Å². The lowest BCUT2D eigenvalue weighted by atomic mass is 10.1. The van der Waals surface area contributed by atoms with Crippen LogP contribution in [-0.2, 0) is 11.3 Å². The number of likely N-dealkylation sites (tertiary alicyclic amines) is 1. The van der Waals surface area contributed by atoms with Crippen LogP contribution >= 0.6 is 27.7 Å². The van der Waals surface area contributed by atoms with Crippen molar-refractivity contribution in [2.24, 2.45) is 5.92 Å². The van der Waals surface area contributed by atoms with Gasteiger partial charge in [0.15, 0.2) is 34.0 Å². The summed E-state index contributed by atoms with van der Waals surface area (Å²) in [7, 11) is 0. The van der Waals surface area contributed by atoms with E-state index in [1.165, 1.54) is 11.8 Å². The van der Waals surface area contributed by atoms with E-state index in [0.29, 0.717) is 59.5 Å². The molecule has 0 radical (unpaired) electrons. The number of carbonyl (C=O) groups excluding carboxylic acids is 1. The van der Waals surface area contributed by atoms with Crippen molar-refractivity contribution in [3.05, 3.63) is 22.9 Å². The lowest BCUT2D eigenvalue weighted by Crippen LogP contribution is -2.35. The highest BCUT2D eigenvalue weighted by Crippen LogP contribution is 2.43. The number of aryl methyl sites for hydroxylation is 1. The van der Waals surface area contributed by atoms with Crippen LogP contribution in [0, 0.1) is 5.92 Å². The second kappa shape index (κ2) is 9.38. The van der Waals surface area contributed by atoms with Gasteiger partial charge in [0.1, 0.15) is 5.60 Å². The molecule has 0 aromatic heterocycles. The molecule has 1 aromatic carbocycles. The van der Waals surface area contributed by atoms with E-state index in [2.05, 4.69) is 25.9 Å². The van der Waals surface area contributed by atoms with Crippen LogP contribution in [0.1, 0.15) is 33.6 Å². The van der Waals surface area contributed by atoms with Crippen LogP contribution in [0.3, 0.4) is 0 Å². The average molecular weight is 563 g/mol. The Bertz CT molecular complexity index is 1230. The molecule has 1 fully saturated rings. The molecule has 1 aromatic rings. The van der Waals surface area contributed by atoms with Gasteiger partial charge in [0.2, 0.25) is 6.79 Å². The summed E-state index contributed by atoms with van der Waals surface area (Å²) in [5, 5.41) is 0.574. The SMILES string of the molecule is CC(C)(C)OC(=O)N1CCC(CCn2cnc(N)c3nc(Sc4cc5c(cc4Br)OCO5)nc2-3)C1. The number of nitrogens with two attached hydrogens (primary N) is 1. The third-order valence-electron chi connectivity index (χ3n) is 5.82. The molecule has 0 bridgehead atoms. The number of nitrogens with zero attached hydrogens (tertiary/aromatic N) is 5. The van der Waals surface area contributed by atoms with Crippen molar-refractivity contribution in [2.45, 2.75) is 55.8 Å². The third-order valence-corrected chi connectivity index (χ3v) is 7.66. The molecule has 1 unspecified atom stereocenters. The molecule has 5 rings (SSSR count). The molecule has 0 saturated carbocycles. The standard InChI is InChI=1S/C23H27BrN6O4S/c1-23(2,3)34-22(31)29-6-4-13(10-29)5-7-30-11-26-19(25)18-20(30)28-21(27-18)35-17-9-16-15(8-14(17)24)32-12-33-16/h8-9,11,13H,4-7,10,12,25H2,1-3H3. The van der Waals surface area contributed by atoms with Gasteiger partial charge < -0.3 is 29.4 Å². The first kappa shape index (κ1) is 24.0. The zero-order valence-electron chi connectivity index (χ0n) is 19.8. The second-order valence-corrected chi connectivity index (χ2v) is 11.5. The van der Waals surface area contributed by atoms with E-state index < -0.39 is 5.60 Å². The van der Waals surface area contributed by atoms with E-state index in [9.17, 15) is 4.79 Å². The number of nitrogen functional groups attached to an aromatic ring is 1. The van der Waals surface area contributed by atoms with Gasteiger partial charge >= 0.3 is 6.09 Å². The zero-order chi connectivity index (χ0) is 24.7. The predicted molar refractivity (Wildman–Crippen MR) is 134 cm³/mol.